The minimum atomic E-state index is -0.811. The van der Waals surface area contributed by atoms with Crippen molar-refractivity contribution >= 4 is 11.9 Å². The molecule has 5 heteroatoms. The molecule has 98 valence electrons. The number of ether oxygens (including phenoxy) is 1. The van der Waals surface area contributed by atoms with Crippen LogP contribution in [0.5, 0.6) is 0 Å². The summed E-state index contributed by atoms with van der Waals surface area (Å²) in [5, 5.41) is 11.9. The van der Waals surface area contributed by atoms with Gasteiger partial charge in [0.2, 0.25) is 5.91 Å². The maximum Gasteiger partial charge on any atom is 0.308 e. The van der Waals surface area contributed by atoms with Crippen LogP contribution in [0.3, 0.4) is 0 Å². The van der Waals surface area contributed by atoms with Gasteiger partial charge in [0.05, 0.1) is 5.92 Å². The summed E-state index contributed by atoms with van der Waals surface area (Å²) in [7, 11) is 0. The molecule has 0 spiro atoms. The van der Waals surface area contributed by atoms with Crippen LogP contribution in [-0.4, -0.2) is 36.2 Å². The maximum atomic E-state index is 11.5. The number of carbonyl (C=O) groups excluding carboxylic acids is 1. The van der Waals surface area contributed by atoms with Gasteiger partial charge in [0.25, 0.3) is 0 Å². The first-order chi connectivity index (χ1) is 8.15. The Morgan fingerprint density at radius 3 is 2.65 bits per heavy atom. The first-order valence-electron chi connectivity index (χ1n) is 6.25. The van der Waals surface area contributed by atoms with Gasteiger partial charge < -0.3 is 15.2 Å². The van der Waals surface area contributed by atoms with Gasteiger partial charge in [0.1, 0.15) is 6.61 Å². The SMILES string of the molecule is CCOCC(=O)N[C@H]1CCCCC[C@H]1C(=O)O. The topological polar surface area (TPSA) is 75.6 Å². The lowest BCUT2D eigenvalue weighted by Crippen LogP contribution is -2.44. The number of carboxylic acids is 1. The van der Waals surface area contributed by atoms with E-state index in [1.807, 2.05) is 6.92 Å². The summed E-state index contributed by atoms with van der Waals surface area (Å²) in [6.07, 6.45) is 4.34. The molecule has 1 aliphatic carbocycles. The molecule has 2 N–H and O–H groups in total. The molecule has 5 nitrogen and oxygen atoms in total. The molecule has 0 unspecified atom stereocenters. The molecule has 1 fully saturated rings. The first-order valence-corrected chi connectivity index (χ1v) is 6.25. The molecule has 0 aromatic heterocycles. The van der Waals surface area contributed by atoms with Gasteiger partial charge in [-0.2, -0.15) is 0 Å². The highest BCUT2D eigenvalue weighted by Crippen LogP contribution is 2.23. The Morgan fingerprint density at radius 2 is 2.00 bits per heavy atom. The van der Waals surface area contributed by atoms with E-state index < -0.39 is 11.9 Å². The zero-order chi connectivity index (χ0) is 12.7. The Bertz CT molecular complexity index is 267. The number of hydrogen-bond acceptors (Lipinski definition) is 3. The Labute approximate surface area is 102 Å². The lowest BCUT2D eigenvalue weighted by molar-refractivity contribution is -0.143. The van der Waals surface area contributed by atoms with E-state index >= 15 is 0 Å². The average molecular weight is 243 g/mol. The molecule has 0 heterocycles. The summed E-state index contributed by atoms with van der Waals surface area (Å²) in [6, 6.07) is -0.247. The van der Waals surface area contributed by atoms with Gasteiger partial charge in [-0.3, -0.25) is 9.59 Å². The molecule has 0 aromatic carbocycles. The monoisotopic (exact) mass is 243 g/mol. The summed E-state index contributed by atoms with van der Waals surface area (Å²) in [4.78, 5) is 22.7. The van der Waals surface area contributed by atoms with Crippen molar-refractivity contribution in [2.75, 3.05) is 13.2 Å². The highest BCUT2D eigenvalue weighted by molar-refractivity contribution is 5.79. The van der Waals surface area contributed by atoms with E-state index in [2.05, 4.69) is 5.32 Å². The number of rotatable bonds is 5. The van der Waals surface area contributed by atoms with Gasteiger partial charge in [-0.15, -0.1) is 0 Å². The van der Waals surface area contributed by atoms with Gasteiger partial charge in [0.15, 0.2) is 0 Å². The van der Waals surface area contributed by atoms with Crippen molar-refractivity contribution in [2.24, 2.45) is 5.92 Å². The summed E-state index contributed by atoms with van der Waals surface area (Å²) >= 11 is 0. The highest BCUT2D eigenvalue weighted by atomic mass is 16.5. The van der Waals surface area contributed by atoms with Crippen molar-refractivity contribution in [3.05, 3.63) is 0 Å². The minimum Gasteiger partial charge on any atom is -0.481 e. The van der Waals surface area contributed by atoms with E-state index in [4.69, 9.17) is 9.84 Å². The van der Waals surface area contributed by atoms with Crippen molar-refractivity contribution in [2.45, 2.75) is 45.1 Å². The molecule has 0 aromatic rings. The van der Waals surface area contributed by atoms with Crippen LogP contribution in [0.1, 0.15) is 39.0 Å². The smallest absolute Gasteiger partial charge is 0.308 e. The molecule has 1 aliphatic rings. The van der Waals surface area contributed by atoms with Crippen molar-refractivity contribution in [1.82, 2.24) is 5.32 Å². The fourth-order valence-electron chi connectivity index (χ4n) is 2.22. The highest BCUT2D eigenvalue weighted by Gasteiger charge is 2.30. The fourth-order valence-corrected chi connectivity index (χ4v) is 2.22. The third kappa shape index (κ3) is 4.73. The van der Waals surface area contributed by atoms with Gasteiger partial charge >= 0.3 is 5.97 Å². The van der Waals surface area contributed by atoms with E-state index in [9.17, 15) is 9.59 Å². The van der Waals surface area contributed by atoms with Crippen molar-refractivity contribution in [1.29, 1.82) is 0 Å². The number of amides is 1. The largest absolute Gasteiger partial charge is 0.481 e. The molecular formula is C12H21NO4. The van der Waals surface area contributed by atoms with Crippen molar-refractivity contribution < 1.29 is 19.4 Å². The Hall–Kier alpha value is -1.10. The molecule has 0 bridgehead atoms. The van der Waals surface area contributed by atoms with Crippen molar-refractivity contribution in [3.63, 3.8) is 0 Å². The van der Waals surface area contributed by atoms with E-state index in [1.165, 1.54) is 0 Å². The Morgan fingerprint density at radius 1 is 1.29 bits per heavy atom. The molecule has 1 rings (SSSR count). The summed E-state index contributed by atoms with van der Waals surface area (Å²) in [6.45, 7) is 2.32. The molecule has 0 saturated heterocycles. The number of aliphatic carboxylic acids is 1. The summed E-state index contributed by atoms with van der Waals surface area (Å²) in [5.74, 6) is -1.48. The second-order valence-electron chi connectivity index (χ2n) is 4.39. The van der Waals surface area contributed by atoms with Gasteiger partial charge in [-0.1, -0.05) is 19.3 Å². The fraction of sp³-hybridized carbons (Fsp3) is 0.833. The lowest BCUT2D eigenvalue weighted by Gasteiger charge is -2.22. The number of nitrogens with one attached hydrogen (secondary N) is 1. The number of hydrogen-bond donors (Lipinski definition) is 2. The Kier molecular flexibility index (Phi) is 5.97. The van der Waals surface area contributed by atoms with Crippen LogP contribution in [0.4, 0.5) is 0 Å². The second kappa shape index (κ2) is 7.27. The zero-order valence-corrected chi connectivity index (χ0v) is 10.3. The predicted octanol–water partition coefficient (Wildman–Crippen LogP) is 1.17. The third-order valence-electron chi connectivity index (χ3n) is 3.12. The molecular weight excluding hydrogens is 222 g/mol. The lowest BCUT2D eigenvalue weighted by atomic mass is 9.95. The van der Waals surface area contributed by atoms with Crippen LogP contribution in [-0.2, 0) is 14.3 Å². The van der Waals surface area contributed by atoms with E-state index in [1.54, 1.807) is 0 Å². The molecule has 17 heavy (non-hydrogen) atoms. The number of carboxylic acid groups (broad SMARTS) is 1. The molecule has 2 atom stereocenters. The summed E-state index contributed by atoms with van der Waals surface area (Å²) in [5.41, 5.74) is 0. The van der Waals surface area contributed by atoms with Gasteiger partial charge in [0, 0.05) is 12.6 Å². The van der Waals surface area contributed by atoms with E-state index in [-0.39, 0.29) is 18.6 Å². The molecule has 0 radical (unpaired) electrons. The minimum absolute atomic E-state index is 0.0132. The normalized spacial score (nSPS) is 25.0. The van der Waals surface area contributed by atoms with Crippen LogP contribution >= 0.6 is 0 Å². The maximum absolute atomic E-state index is 11.5. The molecule has 1 amide bonds. The zero-order valence-electron chi connectivity index (χ0n) is 10.3. The quantitative estimate of drug-likeness (QED) is 0.711. The third-order valence-corrected chi connectivity index (χ3v) is 3.12. The second-order valence-corrected chi connectivity index (χ2v) is 4.39. The van der Waals surface area contributed by atoms with Crippen LogP contribution < -0.4 is 5.32 Å². The average Bonchev–Trinajstić information content (AvgIpc) is 2.51. The van der Waals surface area contributed by atoms with Gasteiger partial charge in [-0.05, 0) is 19.8 Å². The van der Waals surface area contributed by atoms with Crippen LogP contribution in [0.2, 0.25) is 0 Å². The van der Waals surface area contributed by atoms with E-state index in [0.717, 1.165) is 25.7 Å². The molecule has 0 aliphatic heterocycles. The predicted molar refractivity (Wildman–Crippen MR) is 62.6 cm³/mol. The van der Waals surface area contributed by atoms with Crippen LogP contribution in [0, 0.1) is 5.92 Å². The number of carbonyl (C=O) groups is 2. The molecule has 1 saturated carbocycles. The standard InChI is InChI=1S/C12H21NO4/c1-2-17-8-11(14)13-10-7-5-3-4-6-9(10)12(15)16/h9-10H,2-8H2,1H3,(H,13,14)(H,15,16)/t9-,10+/m1/s1. The first kappa shape index (κ1) is 14.0. The Balaban J connectivity index is 2.51. The van der Waals surface area contributed by atoms with Crippen molar-refractivity contribution in [3.8, 4) is 0 Å². The van der Waals surface area contributed by atoms with Crippen LogP contribution in [0.25, 0.3) is 0 Å². The summed E-state index contributed by atoms with van der Waals surface area (Å²) < 4.78 is 5.00. The van der Waals surface area contributed by atoms with Crippen LogP contribution in [0.15, 0.2) is 0 Å². The van der Waals surface area contributed by atoms with Gasteiger partial charge in [-0.25, -0.2) is 0 Å². The van der Waals surface area contributed by atoms with E-state index in [0.29, 0.717) is 13.0 Å².